The molecule has 8 heteroatoms. The van der Waals surface area contributed by atoms with Crippen LogP contribution in [0.2, 0.25) is 0 Å². The largest absolute Gasteiger partial charge is 0.478 e. The molecule has 0 aliphatic carbocycles. The summed E-state index contributed by atoms with van der Waals surface area (Å²) in [5.74, 6) is -1.69. The number of rotatable bonds is 5. The van der Waals surface area contributed by atoms with Gasteiger partial charge in [-0.1, -0.05) is 42.5 Å². The Morgan fingerprint density at radius 2 is 1.60 bits per heavy atom. The number of nitrogens with one attached hydrogen (secondary N) is 2. The normalized spacial score (nSPS) is 9.76. The maximum absolute atomic E-state index is 12.2. The van der Waals surface area contributed by atoms with E-state index in [1.165, 1.54) is 23.5 Å². The minimum atomic E-state index is -1.15. The Kier molecular flexibility index (Phi) is 6.26. The first kappa shape index (κ1) is 18.6. The van der Waals surface area contributed by atoms with Crippen molar-refractivity contribution < 1.29 is 14.7 Å². The van der Waals surface area contributed by atoms with Gasteiger partial charge in [-0.2, -0.15) is 0 Å². The van der Waals surface area contributed by atoms with Gasteiger partial charge in [0.15, 0.2) is 0 Å². The van der Waals surface area contributed by atoms with Gasteiger partial charge in [-0.05, 0) is 12.1 Å². The van der Waals surface area contributed by atoms with Crippen molar-refractivity contribution in [2.24, 2.45) is 0 Å². The van der Waals surface area contributed by atoms with Crippen LogP contribution in [-0.4, -0.2) is 22.0 Å². The van der Waals surface area contributed by atoms with E-state index in [0.717, 1.165) is 11.3 Å². The van der Waals surface area contributed by atoms with Crippen molar-refractivity contribution in [1.29, 1.82) is 0 Å². The van der Waals surface area contributed by atoms with Crippen LogP contribution in [0.1, 0.15) is 20.7 Å². The zero-order chi connectivity index (χ0) is 16.9. The quantitative estimate of drug-likeness (QED) is 0.546. The van der Waals surface area contributed by atoms with Crippen LogP contribution in [-0.2, 0) is 0 Å². The molecular formula is C17H14BrN3O3S. The fourth-order valence-corrected chi connectivity index (χ4v) is 2.79. The van der Waals surface area contributed by atoms with E-state index >= 15 is 0 Å². The highest BCUT2D eigenvalue weighted by atomic mass is 79.9. The molecule has 0 bridgehead atoms. The first-order chi connectivity index (χ1) is 11.6. The van der Waals surface area contributed by atoms with Crippen LogP contribution in [0.4, 0.5) is 5.13 Å². The Balaban J connectivity index is 0.00000225. The zero-order valence-electron chi connectivity index (χ0n) is 12.8. The van der Waals surface area contributed by atoms with Crippen LogP contribution >= 0.6 is 28.3 Å². The average molecular weight is 420 g/mol. The molecule has 0 saturated carbocycles. The topological polar surface area (TPSA) is 91.3 Å². The Labute approximate surface area is 158 Å². The van der Waals surface area contributed by atoms with Gasteiger partial charge in [0, 0.05) is 10.9 Å². The van der Waals surface area contributed by atoms with E-state index in [1.54, 1.807) is 12.1 Å². The number of nitrogens with zero attached hydrogens (tertiary/aromatic N) is 1. The summed E-state index contributed by atoms with van der Waals surface area (Å²) in [5.41, 5.74) is 6.98. The number of hydrogen-bond donors (Lipinski definition) is 3. The highest BCUT2D eigenvalue weighted by molar-refractivity contribution is 8.93. The van der Waals surface area contributed by atoms with Gasteiger partial charge in [-0.25, -0.2) is 9.78 Å². The number of carboxylic acids is 1. The van der Waals surface area contributed by atoms with Gasteiger partial charge in [0.05, 0.1) is 16.8 Å². The summed E-state index contributed by atoms with van der Waals surface area (Å²) >= 11 is 1.34. The number of benzene rings is 2. The standard InChI is InChI=1S/C17H13N3O3S.BrH/c21-15(12-8-4-5-9-13(12)16(22)23)19-20-17-18-14(10-24-17)11-6-2-1-3-7-11;/h1-10H,(H,18,20)(H,19,21)(H,22,23);1H. The van der Waals surface area contributed by atoms with Crippen LogP contribution in [0.25, 0.3) is 11.3 Å². The lowest BCUT2D eigenvalue weighted by Crippen LogP contribution is -2.30. The summed E-state index contributed by atoms with van der Waals surface area (Å²) in [4.78, 5) is 27.7. The lowest BCUT2D eigenvalue weighted by atomic mass is 10.1. The molecule has 0 unspecified atom stereocenters. The second kappa shape index (κ2) is 8.41. The summed E-state index contributed by atoms with van der Waals surface area (Å²) in [6, 6.07) is 15.7. The molecule has 1 amide bonds. The van der Waals surface area contributed by atoms with Gasteiger partial charge in [-0.15, -0.1) is 28.3 Å². The molecule has 1 aromatic heterocycles. The second-order valence-corrected chi connectivity index (χ2v) is 5.69. The van der Waals surface area contributed by atoms with Gasteiger partial charge in [0.2, 0.25) is 5.13 Å². The Morgan fingerprint density at radius 3 is 2.28 bits per heavy atom. The highest BCUT2D eigenvalue weighted by Gasteiger charge is 2.15. The molecule has 3 aromatic rings. The van der Waals surface area contributed by atoms with Gasteiger partial charge in [-0.3, -0.25) is 15.6 Å². The van der Waals surface area contributed by atoms with E-state index in [-0.39, 0.29) is 28.1 Å². The summed E-state index contributed by atoms with van der Waals surface area (Å²) in [7, 11) is 0. The lowest BCUT2D eigenvalue weighted by molar-refractivity contribution is 0.0691. The van der Waals surface area contributed by atoms with E-state index in [1.807, 2.05) is 35.7 Å². The molecule has 0 spiro atoms. The van der Waals surface area contributed by atoms with Crippen LogP contribution < -0.4 is 10.9 Å². The molecule has 6 nitrogen and oxygen atoms in total. The summed E-state index contributed by atoms with van der Waals surface area (Å²) in [5, 5.41) is 11.5. The second-order valence-electron chi connectivity index (χ2n) is 4.83. The van der Waals surface area contributed by atoms with Crippen molar-refractivity contribution in [3.05, 3.63) is 71.1 Å². The number of halogens is 1. The van der Waals surface area contributed by atoms with E-state index < -0.39 is 11.9 Å². The number of carboxylic acid groups (broad SMARTS) is 1. The molecule has 3 N–H and O–H groups in total. The van der Waals surface area contributed by atoms with Crippen LogP contribution in [0.5, 0.6) is 0 Å². The van der Waals surface area contributed by atoms with E-state index in [2.05, 4.69) is 15.8 Å². The van der Waals surface area contributed by atoms with E-state index in [0.29, 0.717) is 5.13 Å². The number of aromatic nitrogens is 1. The summed E-state index contributed by atoms with van der Waals surface area (Å²) in [6.07, 6.45) is 0. The van der Waals surface area contributed by atoms with E-state index in [9.17, 15) is 9.59 Å². The van der Waals surface area contributed by atoms with Crippen molar-refractivity contribution in [1.82, 2.24) is 10.4 Å². The fourth-order valence-electron chi connectivity index (χ4n) is 2.12. The number of carbonyl (C=O) groups excluding carboxylic acids is 1. The average Bonchev–Trinajstić information content (AvgIpc) is 3.09. The van der Waals surface area contributed by atoms with Crippen molar-refractivity contribution in [2.45, 2.75) is 0 Å². The van der Waals surface area contributed by atoms with E-state index in [4.69, 9.17) is 5.11 Å². The van der Waals surface area contributed by atoms with Crippen LogP contribution in [0, 0.1) is 0 Å². The molecule has 1 heterocycles. The monoisotopic (exact) mass is 419 g/mol. The maximum Gasteiger partial charge on any atom is 0.336 e. The number of amides is 1. The fraction of sp³-hybridized carbons (Fsp3) is 0. The van der Waals surface area contributed by atoms with Crippen molar-refractivity contribution in [2.75, 3.05) is 5.43 Å². The molecule has 25 heavy (non-hydrogen) atoms. The Morgan fingerprint density at radius 1 is 0.960 bits per heavy atom. The smallest absolute Gasteiger partial charge is 0.336 e. The maximum atomic E-state index is 12.2. The molecule has 0 saturated heterocycles. The van der Waals surface area contributed by atoms with Gasteiger partial charge >= 0.3 is 5.97 Å². The third-order valence-corrected chi connectivity index (χ3v) is 4.02. The third-order valence-electron chi connectivity index (χ3n) is 3.26. The number of carbonyl (C=O) groups is 2. The predicted octanol–water partition coefficient (Wildman–Crippen LogP) is 3.84. The van der Waals surface area contributed by atoms with Crippen molar-refractivity contribution in [3.8, 4) is 11.3 Å². The van der Waals surface area contributed by atoms with Crippen molar-refractivity contribution >= 4 is 45.3 Å². The number of anilines is 1. The van der Waals surface area contributed by atoms with Crippen molar-refractivity contribution in [3.63, 3.8) is 0 Å². The summed E-state index contributed by atoms with van der Waals surface area (Å²) in [6.45, 7) is 0. The van der Waals surface area contributed by atoms with Crippen LogP contribution in [0.3, 0.4) is 0 Å². The Hall–Kier alpha value is -2.71. The molecule has 0 fully saturated rings. The molecule has 0 aliphatic rings. The van der Waals surface area contributed by atoms with Gasteiger partial charge in [0.1, 0.15) is 0 Å². The van der Waals surface area contributed by atoms with Crippen LogP contribution in [0.15, 0.2) is 60.0 Å². The number of thiazole rings is 1. The minimum Gasteiger partial charge on any atom is -0.478 e. The number of aromatic carboxylic acids is 1. The zero-order valence-corrected chi connectivity index (χ0v) is 15.3. The first-order valence-electron chi connectivity index (χ1n) is 7.05. The SMILES string of the molecule is Br.O=C(O)c1ccccc1C(=O)NNc1nc(-c2ccccc2)cs1. The third kappa shape index (κ3) is 4.43. The Bertz CT molecular complexity index is 884. The molecule has 0 aliphatic heterocycles. The summed E-state index contributed by atoms with van der Waals surface area (Å²) < 4.78 is 0. The predicted molar refractivity (Wildman–Crippen MR) is 102 cm³/mol. The first-order valence-corrected chi connectivity index (χ1v) is 7.93. The van der Waals surface area contributed by atoms with Gasteiger partial charge in [0.25, 0.3) is 5.91 Å². The molecular weight excluding hydrogens is 406 g/mol. The molecule has 2 aromatic carbocycles. The molecule has 128 valence electrons. The molecule has 0 radical (unpaired) electrons. The molecule has 3 rings (SSSR count). The number of hydrogen-bond acceptors (Lipinski definition) is 5. The molecule has 0 atom stereocenters. The lowest BCUT2D eigenvalue weighted by Gasteiger charge is -2.07. The highest BCUT2D eigenvalue weighted by Crippen LogP contribution is 2.24. The van der Waals surface area contributed by atoms with Gasteiger partial charge < -0.3 is 5.11 Å². The minimum absolute atomic E-state index is 0. The number of hydrazine groups is 1.